The molecule has 2 atom stereocenters. The molecule has 2 heterocycles. The first-order chi connectivity index (χ1) is 10.7. The van der Waals surface area contributed by atoms with Crippen LogP contribution < -0.4 is 5.32 Å². The van der Waals surface area contributed by atoms with E-state index in [2.05, 4.69) is 16.3 Å². The van der Waals surface area contributed by atoms with Gasteiger partial charge in [-0.1, -0.05) is 23.7 Å². The molecule has 0 bridgehead atoms. The van der Waals surface area contributed by atoms with Crippen LogP contribution in [-0.4, -0.2) is 37.0 Å². The van der Waals surface area contributed by atoms with E-state index in [0.29, 0.717) is 5.91 Å². The predicted octanol–water partition coefficient (Wildman–Crippen LogP) is 2.83. The standard InChI is InChI=1S/C18H23ClN2O/c19-16-3-1-2-15(10-16)18(6-7-18)17(22)21-8-4-13-11-20-12-14(13)5-9-21/h1-3,10,13-14,20H,4-9,11-12H2/t13-,14+. The molecule has 4 rings (SSSR count). The number of hydrogen-bond acceptors (Lipinski definition) is 2. The Morgan fingerprint density at radius 1 is 1.18 bits per heavy atom. The summed E-state index contributed by atoms with van der Waals surface area (Å²) in [7, 11) is 0. The van der Waals surface area contributed by atoms with Gasteiger partial charge in [0.25, 0.3) is 0 Å². The van der Waals surface area contributed by atoms with Crippen LogP contribution in [0.15, 0.2) is 24.3 Å². The van der Waals surface area contributed by atoms with Crippen molar-refractivity contribution in [2.24, 2.45) is 11.8 Å². The molecular weight excluding hydrogens is 296 g/mol. The van der Waals surface area contributed by atoms with Crippen molar-refractivity contribution in [2.45, 2.75) is 31.1 Å². The molecule has 118 valence electrons. The Kier molecular flexibility index (Phi) is 3.66. The molecule has 1 N–H and O–H groups in total. The van der Waals surface area contributed by atoms with E-state index in [9.17, 15) is 4.79 Å². The average molecular weight is 319 g/mol. The van der Waals surface area contributed by atoms with Crippen LogP contribution in [0.2, 0.25) is 5.02 Å². The van der Waals surface area contributed by atoms with Gasteiger partial charge in [-0.25, -0.2) is 0 Å². The lowest BCUT2D eigenvalue weighted by Gasteiger charge is -2.27. The van der Waals surface area contributed by atoms with E-state index in [0.717, 1.165) is 74.3 Å². The Balaban J connectivity index is 1.52. The van der Waals surface area contributed by atoms with Crippen LogP contribution in [0.4, 0.5) is 0 Å². The molecule has 0 spiro atoms. The van der Waals surface area contributed by atoms with Crippen LogP contribution >= 0.6 is 11.6 Å². The van der Waals surface area contributed by atoms with Gasteiger partial charge in [-0.05, 0) is 68.3 Å². The van der Waals surface area contributed by atoms with Gasteiger partial charge in [-0.15, -0.1) is 0 Å². The van der Waals surface area contributed by atoms with Crippen molar-refractivity contribution in [1.82, 2.24) is 10.2 Å². The van der Waals surface area contributed by atoms with E-state index in [-0.39, 0.29) is 5.41 Å². The van der Waals surface area contributed by atoms with E-state index in [1.54, 1.807) is 0 Å². The Morgan fingerprint density at radius 3 is 2.45 bits per heavy atom. The van der Waals surface area contributed by atoms with Crippen molar-refractivity contribution in [1.29, 1.82) is 0 Å². The number of nitrogens with one attached hydrogen (secondary N) is 1. The smallest absolute Gasteiger partial charge is 0.233 e. The number of rotatable bonds is 2. The summed E-state index contributed by atoms with van der Waals surface area (Å²) >= 11 is 6.13. The van der Waals surface area contributed by atoms with Crippen LogP contribution in [0.3, 0.4) is 0 Å². The summed E-state index contributed by atoms with van der Waals surface area (Å²) in [5.41, 5.74) is 0.832. The van der Waals surface area contributed by atoms with Crippen molar-refractivity contribution in [3.8, 4) is 0 Å². The van der Waals surface area contributed by atoms with Crippen molar-refractivity contribution in [2.75, 3.05) is 26.2 Å². The molecule has 22 heavy (non-hydrogen) atoms. The minimum atomic E-state index is -0.275. The fourth-order valence-electron chi connectivity index (χ4n) is 4.26. The van der Waals surface area contributed by atoms with Gasteiger partial charge in [-0.3, -0.25) is 4.79 Å². The van der Waals surface area contributed by atoms with Crippen molar-refractivity contribution in [3.05, 3.63) is 34.9 Å². The number of fused-ring (bicyclic) bond motifs is 1. The topological polar surface area (TPSA) is 32.3 Å². The second-order valence-electron chi connectivity index (χ2n) is 7.14. The first-order valence-corrected chi connectivity index (χ1v) is 8.83. The van der Waals surface area contributed by atoms with Crippen molar-refractivity contribution >= 4 is 17.5 Å². The number of halogens is 1. The van der Waals surface area contributed by atoms with Crippen LogP contribution in [0.5, 0.6) is 0 Å². The number of amides is 1. The molecule has 4 heteroatoms. The molecule has 0 aromatic heterocycles. The zero-order valence-corrected chi connectivity index (χ0v) is 13.6. The molecule has 3 nitrogen and oxygen atoms in total. The maximum atomic E-state index is 13.1. The lowest BCUT2D eigenvalue weighted by atomic mass is 9.92. The van der Waals surface area contributed by atoms with Crippen LogP contribution in [0.1, 0.15) is 31.2 Å². The minimum Gasteiger partial charge on any atom is -0.342 e. The fourth-order valence-corrected chi connectivity index (χ4v) is 4.45. The van der Waals surface area contributed by atoms with Gasteiger partial charge in [0, 0.05) is 18.1 Å². The summed E-state index contributed by atoms with van der Waals surface area (Å²) in [4.78, 5) is 15.3. The molecule has 3 aliphatic rings. The lowest BCUT2D eigenvalue weighted by Crippen LogP contribution is -2.40. The molecular formula is C18H23ClN2O. The number of hydrogen-bond donors (Lipinski definition) is 1. The summed E-state index contributed by atoms with van der Waals surface area (Å²) in [6, 6.07) is 7.88. The van der Waals surface area contributed by atoms with E-state index in [4.69, 9.17) is 11.6 Å². The average Bonchev–Trinajstić information content (AvgIpc) is 3.26. The largest absolute Gasteiger partial charge is 0.342 e. The van der Waals surface area contributed by atoms with Crippen molar-refractivity contribution < 1.29 is 4.79 Å². The third kappa shape index (κ3) is 2.44. The summed E-state index contributed by atoms with van der Waals surface area (Å²) in [6.07, 6.45) is 4.23. The number of likely N-dealkylation sites (tertiary alicyclic amines) is 1. The van der Waals surface area contributed by atoms with Crippen molar-refractivity contribution in [3.63, 3.8) is 0 Å². The highest BCUT2D eigenvalue weighted by Crippen LogP contribution is 2.50. The van der Waals surface area contributed by atoms with Crippen LogP contribution in [-0.2, 0) is 10.2 Å². The molecule has 1 aliphatic carbocycles. The zero-order valence-electron chi connectivity index (χ0n) is 12.9. The van der Waals surface area contributed by atoms with E-state index >= 15 is 0 Å². The number of benzene rings is 1. The molecule has 0 unspecified atom stereocenters. The molecule has 1 saturated carbocycles. The normalized spacial score (nSPS) is 29.8. The summed E-state index contributed by atoms with van der Waals surface area (Å²) in [6.45, 7) is 4.10. The minimum absolute atomic E-state index is 0.275. The second kappa shape index (κ2) is 5.54. The monoisotopic (exact) mass is 318 g/mol. The molecule has 2 aliphatic heterocycles. The summed E-state index contributed by atoms with van der Waals surface area (Å²) in [5.74, 6) is 1.86. The highest BCUT2D eigenvalue weighted by Gasteiger charge is 2.53. The SMILES string of the molecule is O=C(N1CC[C@@H]2CNC[C@@H]2CC1)C1(c2cccc(Cl)c2)CC1. The van der Waals surface area contributed by atoms with Gasteiger partial charge in [-0.2, -0.15) is 0 Å². The van der Waals surface area contributed by atoms with Gasteiger partial charge in [0.05, 0.1) is 5.41 Å². The van der Waals surface area contributed by atoms with Gasteiger partial charge in [0.2, 0.25) is 5.91 Å². The first kappa shape index (κ1) is 14.5. The van der Waals surface area contributed by atoms with E-state index in [1.165, 1.54) is 0 Å². The Morgan fingerprint density at radius 2 is 1.86 bits per heavy atom. The number of carbonyl (C=O) groups is 1. The third-order valence-electron chi connectivity index (χ3n) is 5.84. The molecule has 0 radical (unpaired) electrons. The fraction of sp³-hybridized carbons (Fsp3) is 0.611. The summed E-state index contributed by atoms with van der Waals surface area (Å²) < 4.78 is 0. The molecule has 1 aromatic carbocycles. The number of nitrogens with zero attached hydrogens (tertiary/aromatic N) is 1. The third-order valence-corrected chi connectivity index (χ3v) is 6.08. The van der Waals surface area contributed by atoms with Gasteiger partial charge < -0.3 is 10.2 Å². The van der Waals surface area contributed by atoms with E-state index in [1.807, 2.05) is 18.2 Å². The molecule has 3 fully saturated rings. The maximum absolute atomic E-state index is 13.1. The molecule has 2 saturated heterocycles. The second-order valence-corrected chi connectivity index (χ2v) is 7.58. The van der Waals surface area contributed by atoms with Crippen LogP contribution in [0.25, 0.3) is 0 Å². The van der Waals surface area contributed by atoms with E-state index < -0.39 is 0 Å². The van der Waals surface area contributed by atoms with Gasteiger partial charge >= 0.3 is 0 Å². The number of carbonyl (C=O) groups excluding carboxylic acids is 1. The lowest BCUT2D eigenvalue weighted by molar-refractivity contribution is -0.134. The van der Waals surface area contributed by atoms with Gasteiger partial charge in [0.1, 0.15) is 0 Å². The predicted molar refractivity (Wildman–Crippen MR) is 88.0 cm³/mol. The summed E-state index contributed by atoms with van der Waals surface area (Å²) in [5, 5.41) is 4.22. The Hall–Kier alpha value is -1.06. The quantitative estimate of drug-likeness (QED) is 0.909. The zero-order chi connectivity index (χ0) is 15.2. The molecule has 1 amide bonds. The maximum Gasteiger partial charge on any atom is 0.233 e. The van der Waals surface area contributed by atoms with Crippen LogP contribution in [0, 0.1) is 11.8 Å². The Labute approximate surface area is 137 Å². The highest BCUT2D eigenvalue weighted by atomic mass is 35.5. The molecule has 1 aromatic rings. The first-order valence-electron chi connectivity index (χ1n) is 8.45. The van der Waals surface area contributed by atoms with Gasteiger partial charge in [0.15, 0.2) is 0 Å². The highest BCUT2D eigenvalue weighted by molar-refractivity contribution is 6.30. The Bertz CT molecular complexity index is 570.